The first-order valence-corrected chi connectivity index (χ1v) is 9.98. The van der Waals surface area contributed by atoms with Crippen molar-refractivity contribution in [3.63, 3.8) is 0 Å². The molecule has 1 aliphatic heterocycles. The predicted octanol–water partition coefficient (Wildman–Crippen LogP) is 2.14. The minimum Gasteiger partial charge on any atom is -0.397 e. The molecule has 0 saturated carbocycles. The number of anilines is 2. The molecule has 2 atom stereocenters. The lowest BCUT2D eigenvalue weighted by molar-refractivity contribution is 0.191. The second kappa shape index (κ2) is 7.86. The van der Waals surface area contributed by atoms with Gasteiger partial charge in [-0.2, -0.15) is 0 Å². The highest BCUT2D eigenvalue weighted by Crippen LogP contribution is 2.40. The second-order valence-electron chi connectivity index (χ2n) is 6.78. The molecule has 2 aromatic rings. The third-order valence-corrected chi connectivity index (χ3v) is 6.24. The van der Waals surface area contributed by atoms with Crippen molar-refractivity contribution in [3.8, 4) is 0 Å². The summed E-state index contributed by atoms with van der Waals surface area (Å²) in [4.78, 5) is 8.86. The predicted molar refractivity (Wildman–Crippen MR) is 106 cm³/mol. The Morgan fingerprint density at radius 3 is 2.88 bits per heavy atom. The largest absolute Gasteiger partial charge is 0.397 e. The van der Waals surface area contributed by atoms with Gasteiger partial charge in [0.05, 0.1) is 10.6 Å². The van der Waals surface area contributed by atoms with Gasteiger partial charge in [-0.05, 0) is 37.3 Å². The molecular weight excluding hydrogens is 334 g/mol. The number of pyridine rings is 1. The first-order chi connectivity index (χ1) is 12.1. The number of aliphatic hydroxyl groups is 1. The Kier molecular flexibility index (Phi) is 5.78. The van der Waals surface area contributed by atoms with Gasteiger partial charge in [-0.3, -0.25) is 0 Å². The molecule has 0 bridgehead atoms. The number of rotatable bonds is 6. The van der Waals surface area contributed by atoms with Crippen LogP contribution in [0.1, 0.15) is 49.2 Å². The molecular formula is C18H29N5OS. The Bertz CT molecular complexity index is 732. The van der Waals surface area contributed by atoms with Crippen molar-refractivity contribution in [1.29, 1.82) is 0 Å². The lowest BCUT2D eigenvalue weighted by Gasteiger charge is -2.36. The molecule has 0 aliphatic carbocycles. The van der Waals surface area contributed by atoms with E-state index in [2.05, 4.69) is 17.9 Å². The molecule has 6 nitrogen and oxygen atoms in total. The fourth-order valence-corrected chi connectivity index (χ4v) is 4.85. The smallest absolute Gasteiger partial charge is 0.130 e. The van der Waals surface area contributed by atoms with Crippen LogP contribution in [0.4, 0.5) is 11.5 Å². The first-order valence-electron chi connectivity index (χ1n) is 9.17. The molecule has 3 rings (SSSR count). The monoisotopic (exact) mass is 363 g/mol. The summed E-state index contributed by atoms with van der Waals surface area (Å²) in [5.74, 6) is 0.987. The van der Waals surface area contributed by atoms with Gasteiger partial charge >= 0.3 is 0 Å². The van der Waals surface area contributed by atoms with Crippen molar-refractivity contribution in [3.05, 3.63) is 16.5 Å². The summed E-state index contributed by atoms with van der Waals surface area (Å²) in [7, 11) is 0. The minimum absolute atomic E-state index is 0.161. The Morgan fingerprint density at radius 1 is 1.40 bits per heavy atom. The van der Waals surface area contributed by atoms with Crippen LogP contribution < -0.4 is 22.1 Å². The van der Waals surface area contributed by atoms with E-state index >= 15 is 0 Å². The molecule has 25 heavy (non-hydrogen) atoms. The van der Waals surface area contributed by atoms with E-state index in [1.54, 1.807) is 0 Å². The van der Waals surface area contributed by atoms with Gasteiger partial charge < -0.3 is 27.2 Å². The van der Waals surface area contributed by atoms with Crippen LogP contribution in [0, 0.1) is 0 Å². The van der Waals surface area contributed by atoms with E-state index in [0.29, 0.717) is 18.3 Å². The molecule has 2 unspecified atom stereocenters. The third-order valence-electron chi connectivity index (χ3n) is 5.03. The number of aryl methyl sites for hydroxylation is 1. The van der Waals surface area contributed by atoms with E-state index in [0.717, 1.165) is 46.7 Å². The van der Waals surface area contributed by atoms with Gasteiger partial charge in [-0.25, -0.2) is 4.98 Å². The standard InChI is InChI=1S/C18H29N5OS/c1-2-5-11-8-14(23-7-4-3-6-12(23)9-19)22-18-15(11)16(21)17(25-18)13(24)10-20/h8,12-13,24H,2-7,9-10,19-21H2,1H3. The lowest BCUT2D eigenvalue weighted by atomic mass is 10.0. The SMILES string of the molecule is CCCc1cc(N2CCCCC2CN)nc2sc(C(O)CN)c(N)c12. The molecule has 1 fully saturated rings. The summed E-state index contributed by atoms with van der Waals surface area (Å²) in [5, 5.41) is 11.2. The number of thiophene rings is 1. The van der Waals surface area contributed by atoms with Crippen molar-refractivity contribution in [2.45, 2.75) is 51.2 Å². The zero-order valence-electron chi connectivity index (χ0n) is 14.9. The normalized spacial score (nSPS) is 19.5. The van der Waals surface area contributed by atoms with Crippen LogP contribution in [0.25, 0.3) is 10.2 Å². The van der Waals surface area contributed by atoms with Crippen LogP contribution in [-0.2, 0) is 6.42 Å². The molecule has 7 heteroatoms. The molecule has 7 N–H and O–H groups in total. The van der Waals surface area contributed by atoms with Crippen molar-refractivity contribution in [2.24, 2.45) is 11.5 Å². The van der Waals surface area contributed by atoms with Gasteiger partial charge in [0.2, 0.25) is 0 Å². The van der Waals surface area contributed by atoms with Crippen LogP contribution in [0.15, 0.2) is 6.07 Å². The average Bonchev–Trinajstić information content (AvgIpc) is 2.98. The van der Waals surface area contributed by atoms with E-state index in [-0.39, 0.29) is 6.54 Å². The van der Waals surface area contributed by atoms with Crippen LogP contribution in [0.5, 0.6) is 0 Å². The number of fused-ring (bicyclic) bond motifs is 1. The Labute approximate surface area is 153 Å². The van der Waals surface area contributed by atoms with Crippen molar-refractivity contribution in [1.82, 2.24) is 4.98 Å². The van der Waals surface area contributed by atoms with Gasteiger partial charge in [0.15, 0.2) is 0 Å². The quantitative estimate of drug-likeness (QED) is 0.625. The average molecular weight is 364 g/mol. The van der Waals surface area contributed by atoms with Crippen molar-refractivity contribution in [2.75, 3.05) is 30.3 Å². The number of nitrogen functional groups attached to an aromatic ring is 1. The maximum Gasteiger partial charge on any atom is 0.130 e. The summed E-state index contributed by atoms with van der Waals surface area (Å²) >= 11 is 1.46. The van der Waals surface area contributed by atoms with Gasteiger partial charge in [0.1, 0.15) is 16.8 Å². The second-order valence-corrected chi connectivity index (χ2v) is 7.81. The molecule has 3 heterocycles. The number of piperidine rings is 1. The maximum absolute atomic E-state index is 10.2. The van der Waals surface area contributed by atoms with E-state index in [1.165, 1.54) is 29.7 Å². The highest BCUT2D eigenvalue weighted by atomic mass is 32.1. The summed E-state index contributed by atoms with van der Waals surface area (Å²) in [6.45, 7) is 3.96. The summed E-state index contributed by atoms with van der Waals surface area (Å²) < 4.78 is 0. The van der Waals surface area contributed by atoms with Gasteiger partial charge in [0, 0.05) is 31.1 Å². The lowest BCUT2D eigenvalue weighted by Crippen LogP contribution is -2.44. The molecule has 138 valence electrons. The number of hydrogen-bond acceptors (Lipinski definition) is 7. The summed E-state index contributed by atoms with van der Waals surface area (Å²) in [5.41, 5.74) is 19.8. The van der Waals surface area contributed by atoms with Crippen molar-refractivity contribution >= 4 is 33.1 Å². The third kappa shape index (κ3) is 3.46. The van der Waals surface area contributed by atoms with Crippen LogP contribution in [0.3, 0.4) is 0 Å². The van der Waals surface area contributed by atoms with E-state index in [4.69, 9.17) is 22.2 Å². The molecule has 2 aromatic heterocycles. The Balaban J connectivity index is 2.11. The molecule has 0 aromatic carbocycles. The zero-order valence-corrected chi connectivity index (χ0v) is 15.7. The van der Waals surface area contributed by atoms with E-state index < -0.39 is 6.10 Å². The van der Waals surface area contributed by atoms with E-state index in [9.17, 15) is 5.11 Å². The highest BCUT2D eigenvalue weighted by molar-refractivity contribution is 7.19. The maximum atomic E-state index is 10.2. The van der Waals surface area contributed by atoms with E-state index in [1.807, 2.05) is 0 Å². The summed E-state index contributed by atoms with van der Waals surface area (Å²) in [6.07, 6.45) is 4.74. The number of hydrogen-bond donors (Lipinski definition) is 4. The Morgan fingerprint density at radius 2 is 2.20 bits per heavy atom. The van der Waals surface area contributed by atoms with Gasteiger partial charge in [0.25, 0.3) is 0 Å². The van der Waals surface area contributed by atoms with Crippen molar-refractivity contribution < 1.29 is 5.11 Å². The topological polar surface area (TPSA) is 114 Å². The fraction of sp³-hybridized carbons (Fsp3) is 0.611. The van der Waals surface area contributed by atoms with Gasteiger partial charge in [-0.15, -0.1) is 11.3 Å². The number of aliphatic hydroxyl groups excluding tert-OH is 1. The molecule has 0 spiro atoms. The number of nitrogens with zero attached hydrogens (tertiary/aromatic N) is 2. The van der Waals surface area contributed by atoms with Crippen LogP contribution in [-0.4, -0.2) is 35.8 Å². The molecule has 1 saturated heterocycles. The Hall–Kier alpha value is -1.41. The van der Waals surface area contributed by atoms with Crippen LogP contribution >= 0.6 is 11.3 Å². The first kappa shape index (κ1) is 18.4. The molecule has 0 radical (unpaired) electrons. The van der Waals surface area contributed by atoms with Crippen LogP contribution in [0.2, 0.25) is 0 Å². The minimum atomic E-state index is -0.732. The fourth-order valence-electron chi connectivity index (χ4n) is 3.72. The molecule has 0 amide bonds. The summed E-state index contributed by atoms with van der Waals surface area (Å²) in [6, 6.07) is 2.51. The molecule has 1 aliphatic rings. The highest BCUT2D eigenvalue weighted by Gasteiger charge is 2.25. The zero-order chi connectivity index (χ0) is 18.0. The number of aromatic nitrogens is 1. The number of nitrogens with two attached hydrogens (primary N) is 3. The van der Waals surface area contributed by atoms with Gasteiger partial charge in [-0.1, -0.05) is 13.3 Å².